The number of hydrogen-bond donors (Lipinski definition) is 1. The number of nitrogens with one attached hydrogen (secondary N) is 1. The standard InChI is InChI=1S/C27H28N2O4/c1-32-23-7-5-6-21(18-23)19-10-12-20(13-11-19)27(31)29-16-14-22(15-17-29)28-26(30)24-8-3-4-9-25(24)33-2/h3-13,18,22H,14-17H2,1-2H3,(H,28,30). The molecular formula is C27H28N2O4. The van der Waals surface area contributed by atoms with Gasteiger partial charge in [-0.05, 0) is 60.4 Å². The van der Waals surface area contributed by atoms with Crippen LogP contribution in [0.1, 0.15) is 33.6 Å². The molecule has 0 aliphatic carbocycles. The summed E-state index contributed by atoms with van der Waals surface area (Å²) in [4.78, 5) is 27.5. The number of para-hydroxylation sites is 1. The summed E-state index contributed by atoms with van der Waals surface area (Å²) in [7, 11) is 3.20. The molecule has 0 atom stereocenters. The number of nitrogens with zero attached hydrogens (tertiary/aromatic N) is 1. The van der Waals surface area contributed by atoms with Gasteiger partial charge in [-0.25, -0.2) is 0 Å². The van der Waals surface area contributed by atoms with Crippen LogP contribution in [0.3, 0.4) is 0 Å². The Morgan fingerprint density at radius 1 is 0.848 bits per heavy atom. The highest BCUT2D eigenvalue weighted by atomic mass is 16.5. The zero-order valence-corrected chi connectivity index (χ0v) is 18.9. The van der Waals surface area contributed by atoms with Crippen molar-refractivity contribution in [1.29, 1.82) is 0 Å². The van der Waals surface area contributed by atoms with Crippen molar-refractivity contribution >= 4 is 11.8 Å². The first-order chi connectivity index (χ1) is 16.1. The van der Waals surface area contributed by atoms with E-state index in [1.807, 2.05) is 65.6 Å². The topological polar surface area (TPSA) is 67.9 Å². The molecule has 1 N–H and O–H groups in total. The van der Waals surface area contributed by atoms with E-state index in [1.54, 1.807) is 26.4 Å². The molecule has 0 aromatic heterocycles. The number of rotatable bonds is 6. The predicted octanol–water partition coefficient (Wildman–Crippen LogP) is 4.41. The minimum Gasteiger partial charge on any atom is -0.497 e. The second kappa shape index (κ2) is 10.2. The summed E-state index contributed by atoms with van der Waals surface area (Å²) in [5.41, 5.74) is 3.26. The third kappa shape index (κ3) is 5.17. The van der Waals surface area contributed by atoms with Crippen LogP contribution in [-0.2, 0) is 0 Å². The number of likely N-dealkylation sites (tertiary alicyclic amines) is 1. The maximum atomic E-state index is 13.0. The molecule has 170 valence electrons. The van der Waals surface area contributed by atoms with E-state index in [9.17, 15) is 9.59 Å². The van der Waals surface area contributed by atoms with Crippen LogP contribution in [0.25, 0.3) is 11.1 Å². The average molecular weight is 445 g/mol. The van der Waals surface area contributed by atoms with E-state index < -0.39 is 0 Å². The molecule has 0 unspecified atom stereocenters. The van der Waals surface area contributed by atoms with E-state index in [-0.39, 0.29) is 17.9 Å². The van der Waals surface area contributed by atoms with Crippen LogP contribution < -0.4 is 14.8 Å². The Hall–Kier alpha value is -3.80. The first kappa shape index (κ1) is 22.4. The van der Waals surface area contributed by atoms with Crippen LogP contribution in [0.2, 0.25) is 0 Å². The number of piperidine rings is 1. The quantitative estimate of drug-likeness (QED) is 0.612. The molecule has 3 aromatic carbocycles. The summed E-state index contributed by atoms with van der Waals surface area (Å²) < 4.78 is 10.6. The summed E-state index contributed by atoms with van der Waals surface area (Å²) >= 11 is 0. The van der Waals surface area contributed by atoms with Crippen LogP contribution in [0.5, 0.6) is 11.5 Å². The molecule has 1 aliphatic heterocycles. The molecule has 4 rings (SSSR count). The molecule has 6 heteroatoms. The first-order valence-electron chi connectivity index (χ1n) is 11.1. The maximum Gasteiger partial charge on any atom is 0.255 e. The van der Waals surface area contributed by atoms with Crippen molar-refractivity contribution in [2.75, 3.05) is 27.3 Å². The van der Waals surface area contributed by atoms with Gasteiger partial charge in [0.1, 0.15) is 11.5 Å². The fourth-order valence-electron chi connectivity index (χ4n) is 4.11. The molecule has 1 saturated heterocycles. The number of carbonyl (C=O) groups excluding carboxylic acids is 2. The van der Waals surface area contributed by atoms with Gasteiger partial charge in [-0.1, -0.05) is 36.4 Å². The van der Waals surface area contributed by atoms with Gasteiger partial charge in [0.05, 0.1) is 19.8 Å². The average Bonchev–Trinajstić information content (AvgIpc) is 2.88. The van der Waals surface area contributed by atoms with Gasteiger partial charge < -0.3 is 19.7 Å². The molecular weight excluding hydrogens is 416 g/mol. The molecule has 1 aliphatic rings. The zero-order valence-electron chi connectivity index (χ0n) is 18.9. The minimum absolute atomic E-state index is 0.0155. The molecule has 0 radical (unpaired) electrons. The van der Waals surface area contributed by atoms with Gasteiger partial charge in [-0.3, -0.25) is 9.59 Å². The Bertz CT molecular complexity index is 1120. The summed E-state index contributed by atoms with van der Waals surface area (Å²) in [6, 6.07) is 22.7. The highest BCUT2D eigenvalue weighted by Gasteiger charge is 2.25. The Morgan fingerprint density at radius 2 is 1.58 bits per heavy atom. The number of benzene rings is 3. The number of amides is 2. The van der Waals surface area contributed by atoms with Crippen LogP contribution in [-0.4, -0.2) is 50.1 Å². The third-order valence-electron chi connectivity index (χ3n) is 6.00. The summed E-state index contributed by atoms with van der Waals surface area (Å²) in [5.74, 6) is 1.22. The Kier molecular flexibility index (Phi) is 6.93. The van der Waals surface area contributed by atoms with E-state index in [2.05, 4.69) is 5.32 Å². The van der Waals surface area contributed by atoms with E-state index in [1.165, 1.54) is 0 Å². The third-order valence-corrected chi connectivity index (χ3v) is 6.00. The molecule has 2 amide bonds. The normalized spacial score (nSPS) is 13.9. The Morgan fingerprint density at radius 3 is 2.27 bits per heavy atom. The van der Waals surface area contributed by atoms with Crippen molar-refractivity contribution in [2.45, 2.75) is 18.9 Å². The van der Waals surface area contributed by atoms with Gasteiger partial charge in [0, 0.05) is 24.7 Å². The maximum absolute atomic E-state index is 13.0. The lowest BCUT2D eigenvalue weighted by Gasteiger charge is -2.32. The predicted molar refractivity (Wildman–Crippen MR) is 128 cm³/mol. The summed E-state index contributed by atoms with van der Waals surface area (Å²) in [5, 5.41) is 3.08. The van der Waals surface area contributed by atoms with Crippen LogP contribution in [0.4, 0.5) is 0 Å². The Balaban J connectivity index is 1.34. The van der Waals surface area contributed by atoms with Gasteiger partial charge in [-0.15, -0.1) is 0 Å². The molecule has 6 nitrogen and oxygen atoms in total. The van der Waals surface area contributed by atoms with Gasteiger partial charge in [0.25, 0.3) is 11.8 Å². The SMILES string of the molecule is COc1cccc(-c2ccc(C(=O)N3CCC(NC(=O)c4ccccc4OC)CC3)cc2)c1. The number of hydrogen-bond acceptors (Lipinski definition) is 4. The van der Waals surface area contributed by atoms with Crippen molar-refractivity contribution in [3.8, 4) is 22.6 Å². The molecule has 1 heterocycles. The van der Waals surface area contributed by atoms with Gasteiger partial charge in [0.15, 0.2) is 0 Å². The lowest BCUT2D eigenvalue weighted by atomic mass is 10.0. The molecule has 0 saturated carbocycles. The molecule has 3 aromatic rings. The van der Waals surface area contributed by atoms with Crippen molar-refractivity contribution in [1.82, 2.24) is 10.2 Å². The first-order valence-corrected chi connectivity index (χ1v) is 11.1. The second-order valence-electron chi connectivity index (χ2n) is 8.05. The van der Waals surface area contributed by atoms with Gasteiger partial charge in [-0.2, -0.15) is 0 Å². The fraction of sp³-hybridized carbons (Fsp3) is 0.259. The summed E-state index contributed by atoms with van der Waals surface area (Å²) in [6.07, 6.45) is 1.43. The van der Waals surface area contributed by atoms with Gasteiger partial charge >= 0.3 is 0 Å². The lowest BCUT2D eigenvalue weighted by Crippen LogP contribution is -2.46. The van der Waals surface area contributed by atoms with Crippen LogP contribution in [0, 0.1) is 0 Å². The Labute approximate surface area is 194 Å². The monoisotopic (exact) mass is 444 g/mol. The smallest absolute Gasteiger partial charge is 0.255 e. The minimum atomic E-state index is -0.148. The van der Waals surface area contributed by atoms with Crippen molar-refractivity contribution < 1.29 is 19.1 Å². The fourth-order valence-corrected chi connectivity index (χ4v) is 4.11. The van der Waals surface area contributed by atoms with E-state index in [0.717, 1.165) is 16.9 Å². The number of ether oxygens (including phenoxy) is 2. The van der Waals surface area contributed by atoms with Crippen LogP contribution >= 0.6 is 0 Å². The molecule has 1 fully saturated rings. The van der Waals surface area contributed by atoms with E-state index >= 15 is 0 Å². The largest absolute Gasteiger partial charge is 0.497 e. The molecule has 33 heavy (non-hydrogen) atoms. The highest BCUT2D eigenvalue weighted by Crippen LogP contribution is 2.25. The number of carbonyl (C=O) groups is 2. The van der Waals surface area contributed by atoms with E-state index in [4.69, 9.17) is 9.47 Å². The van der Waals surface area contributed by atoms with E-state index in [0.29, 0.717) is 42.8 Å². The molecule has 0 bridgehead atoms. The zero-order chi connectivity index (χ0) is 23.2. The highest BCUT2D eigenvalue weighted by molar-refractivity contribution is 5.97. The lowest BCUT2D eigenvalue weighted by molar-refractivity contribution is 0.0698. The second-order valence-corrected chi connectivity index (χ2v) is 8.05. The van der Waals surface area contributed by atoms with Crippen molar-refractivity contribution in [3.05, 3.63) is 83.9 Å². The number of methoxy groups -OCH3 is 2. The molecule has 0 spiro atoms. The van der Waals surface area contributed by atoms with Crippen molar-refractivity contribution in [3.63, 3.8) is 0 Å². The van der Waals surface area contributed by atoms with Gasteiger partial charge in [0.2, 0.25) is 0 Å². The van der Waals surface area contributed by atoms with Crippen molar-refractivity contribution in [2.24, 2.45) is 0 Å². The summed E-state index contributed by atoms with van der Waals surface area (Å²) in [6.45, 7) is 1.21. The van der Waals surface area contributed by atoms with Crippen LogP contribution in [0.15, 0.2) is 72.8 Å².